The molecule has 0 spiro atoms. The van der Waals surface area contributed by atoms with E-state index in [9.17, 15) is 27.6 Å². The van der Waals surface area contributed by atoms with Crippen LogP contribution in [0.3, 0.4) is 0 Å². The van der Waals surface area contributed by atoms with E-state index >= 15 is 0 Å². The summed E-state index contributed by atoms with van der Waals surface area (Å²) in [6.07, 6.45) is -3.43. The number of carbonyl (C=O) groups is 2. The van der Waals surface area contributed by atoms with Crippen molar-refractivity contribution in [2.24, 2.45) is 0 Å². The number of benzene rings is 1. The summed E-state index contributed by atoms with van der Waals surface area (Å²) < 4.78 is 51.0. The van der Waals surface area contributed by atoms with Crippen LogP contribution in [0.15, 0.2) is 27.4 Å². The Morgan fingerprint density at radius 2 is 1.84 bits per heavy atom. The smallest absolute Gasteiger partial charge is 0.417 e. The maximum absolute atomic E-state index is 13.4. The van der Waals surface area contributed by atoms with E-state index in [2.05, 4.69) is 0 Å². The number of hydrogen-bond acceptors (Lipinski definition) is 5. The molecule has 174 valence electrons. The predicted molar refractivity (Wildman–Crippen MR) is 111 cm³/mol. The van der Waals surface area contributed by atoms with Crippen LogP contribution in [0, 0.1) is 0 Å². The molecule has 3 amide bonds. The summed E-state index contributed by atoms with van der Waals surface area (Å²) in [7, 11) is 1.56. The van der Waals surface area contributed by atoms with Crippen molar-refractivity contribution in [2.75, 3.05) is 20.2 Å². The number of imide groups is 1. The monoisotopic (exact) mass is 454 g/mol. The lowest BCUT2D eigenvalue weighted by Gasteiger charge is -2.22. The van der Waals surface area contributed by atoms with Crippen LogP contribution in [0.5, 0.6) is 5.75 Å². The number of halogens is 3. The van der Waals surface area contributed by atoms with Gasteiger partial charge in [0.2, 0.25) is 0 Å². The second kappa shape index (κ2) is 8.48. The zero-order valence-electron chi connectivity index (χ0n) is 18.3. The average molecular weight is 454 g/mol. The molecule has 0 unspecified atom stereocenters. The van der Waals surface area contributed by atoms with Gasteiger partial charge in [0.1, 0.15) is 16.9 Å². The Morgan fingerprint density at radius 3 is 2.41 bits per heavy atom. The molecule has 7 nitrogen and oxygen atoms in total. The largest absolute Gasteiger partial charge is 0.493 e. The molecule has 2 aromatic rings. The molecule has 0 bridgehead atoms. The Kier molecular flexibility index (Phi) is 6.26. The van der Waals surface area contributed by atoms with Crippen LogP contribution in [0.2, 0.25) is 0 Å². The number of rotatable bonds is 7. The Labute approximate surface area is 182 Å². The summed E-state index contributed by atoms with van der Waals surface area (Å²) in [4.78, 5) is 39.0. The topological polar surface area (TPSA) is 80.1 Å². The van der Waals surface area contributed by atoms with Crippen molar-refractivity contribution in [2.45, 2.75) is 51.7 Å². The van der Waals surface area contributed by atoms with Crippen molar-refractivity contribution in [1.29, 1.82) is 0 Å². The minimum atomic E-state index is -4.70. The number of urea groups is 1. The third-order valence-electron chi connectivity index (χ3n) is 5.69. The normalized spacial score (nSPS) is 16.3. The third kappa shape index (κ3) is 4.18. The van der Waals surface area contributed by atoms with Gasteiger partial charge in [0.05, 0.1) is 12.2 Å². The molecule has 0 saturated carbocycles. The molecule has 2 heterocycles. The second-order valence-corrected chi connectivity index (χ2v) is 8.21. The van der Waals surface area contributed by atoms with Crippen molar-refractivity contribution in [3.63, 3.8) is 0 Å². The van der Waals surface area contributed by atoms with E-state index in [4.69, 9.17) is 9.15 Å². The first kappa shape index (κ1) is 23.6. The lowest BCUT2D eigenvalue weighted by Crippen LogP contribution is -2.41. The first-order valence-corrected chi connectivity index (χ1v) is 10.3. The number of carbonyl (C=O) groups excluding carboxylic acids is 2. The van der Waals surface area contributed by atoms with Gasteiger partial charge in [-0.3, -0.25) is 9.69 Å². The highest BCUT2D eigenvalue weighted by Crippen LogP contribution is 2.37. The zero-order chi connectivity index (χ0) is 23.8. The SMILES string of the molecule is CCCc1c(OCCCN2C(=O)N(C)C(C)(C)C2=O)ccc2c(C(F)(F)F)cc(=O)oc12. The van der Waals surface area contributed by atoms with Crippen molar-refractivity contribution < 1.29 is 31.9 Å². The first-order valence-electron chi connectivity index (χ1n) is 10.3. The zero-order valence-corrected chi connectivity index (χ0v) is 18.3. The van der Waals surface area contributed by atoms with Crippen LogP contribution >= 0.6 is 0 Å². The Morgan fingerprint density at radius 1 is 1.16 bits per heavy atom. The van der Waals surface area contributed by atoms with Gasteiger partial charge in [-0.25, -0.2) is 9.59 Å². The van der Waals surface area contributed by atoms with Gasteiger partial charge >= 0.3 is 17.8 Å². The number of aryl methyl sites for hydroxylation is 1. The summed E-state index contributed by atoms with van der Waals surface area (Å²) in [6, 6.07) is 2.70. The van der Waals surface area contributed by atoms with Crippen molar-refractivity contribution in [1.82, 2.24) is 9.80 Å². The van der Waals surface area contributed by atoms with Gasteiger partial charge in [-0.2, -0.15) is 13.2 Å². The maximum atomic E-state index is 13.4. The van der Waals surface area contributed by atoms with E-state index in [-0.39, 0.29) is 36.1 Å². The summed E-state index contributed by atoms with van der Waals surface area (Å²) in [5, 5.41) is -0.202. The lowest BCUT2D eigenvalue weighted by atomic mass is 10.0. The fraction of sp³-hybridized carbons (Fsp3) is 0.500. The highest BCUT2D eigenvalue weighted by molar-refractivity contribution is 6.06. The molecule has 32 heavy (non-hydrogen) atoms. The molecule has 0 atom stereocenters. The molecule has 10 heteroatoms. The minimum Gasteiger partial charge on any atom is -0.493 e. The van der Waals surface area contributed by atoms with Gasteiger partial charge in [-0.15, -0.1) is 0 Å². The van der Waals surface area contributed by atoms with E-state index in [1.54, 1.807) is 20.9 Å². The Bertz CT molecular complexity index is 1110. The Balaban J connectivity index is 1.81. The number of hydrogen-bond donors (Lipinski definition) is 0. The van der Waals surface area contributed by atoms with E-state index in [1.165, 1.54) is 17.0 Å². The summed E-state index contributed by atoms with van der Waals surface area (Å²) in [5.41, 5.74) is -2.82. The first-order chi connectivity index (χ1) is 14.9. The van der Waals surface area contributed by atoms with Crippen molar-refractivity contribution >= 4 is 22.9 Å². The average Bonchev–Trinajstić information content (AvgIpc) is 2.85. The fourth-order valence-corrected chi connectivity index (χ4v) is 3.70. The fourth-order valence-electron chi connectivity index (χ4n) is 3.70. The number of nitrogens with zero attached hydrogens (tertiary/aromatic N) is 2. The summed E-state index contributed by atoms with van der Waals surface area (Å²) in [6.45, 7) is 5.44. The van der Waals surface area contributed by atoms with Gasteiger partial charge in [0, 0.05) is 30.6 Å². The molecule has 1 aliphatic heterocycles. The molecule has 1 aliphatic rings. The number of alkyl halides is 3. The molecular weight excluding hydrogens is 429 g/mol. The molecule has 1 saturated heterocycles. The highest BCUT2D eigenvalue weighted by Gasteiger charge is 2.48. The molecule has 1 fully saturated rings. The molecule has 3 rings (SSSR count). The number of amides is 3. The predicted octanol–water partition coefficient (Wildman–Crippen LogP) is 4.21. The molecule has 1 aromatic heterocycles. The van der Waals surface area contributed by atoms with Crippen molar-refractivity contribution in [3.05, 3.63) is 39.7 Å². The number of ether oxygens (including phenoxy) is 1. The van der Waals surface area contributed by atoms with E-state index in [1.807, 2.05) is 6.92 Å². The van der Waals surface area contributed by atoms with E-state index < -0.39 is 22.9 Å². The number of fused-ring (bicyclic) bond motifs is 1. The third-order valence-corrected chi connectivity index (χ3v) is 5.69. The summed E-state index contributed by atoms with van der Waals surface area (Å²) >= 11 is 0. The van der Waals surface area contributed by atoms with Gasteiger partial charge in [-0.05, 0) is 38.8 Å². The second-order valence-electron chi connectivity index (χ2n) is 8.21. The van der Waals surface area contributed by atoms with E-state index in [0.29, 0.717) is 36.6 Å². The van der Waals surface area contributed by atoms with E-state index in [0.717, 1.165) is 4.90 Å². The standard InChI is InChI=1S/C22H25F3N2O5/c1-5-7-14-16(9-8-13-15(22(23,24)25)12-17(28)32-18(13)14)31-11-6-10-27-19(29)21(2,3)26(4)20(27)30/h8-9,12H,5-7,10-11H2,1-4H3. The van der Waals surface area contributed by atoms with Gasteiger partial charge in [-0.1, -0.05) is 13.3 Å². The van der Waals surface area contributed by atoms with Crippen LogP contribution in [0.4, 0.5) is 18.0 Å². The Hall–Kier alpha value is -3.04. The quantitative estimate of drug-likeness (QED) is 0.356. The molecule has 0 aliphatic carbocycles. The van der Waals surface area contributed by atoms with Crippen LogP contribution in [-0.2, 0) is 17.4 Å². The highest BCUT2D eigenvalue weighted by atomic mass is 19.4. The molecular formula is C22H25F3N2O5. The lowest BCUT2D eigenvalue weighted by molar-refractivity contribution is -0.136. The minimum absolute atomic E-state index is 0.118. The van der Waals surface area contributed by atoms with Gasteiger partial charge < -0.3 is 14.1 Å². The van der Waals surface area contributed by atoms with Crippen LogP contribution < -0.4 is 10.4 Å². The van der Waals surface area contributed by atoms with Gasteiger partial charge in [0.15, 0.2) is 0 Å². The molecule has 0 N–H and O–H groups in total. The van der Waals surface area contributed by atoms with Crippen LogP contribution in [0.25, 0.3) is 11.0 Å². The maximum Gasteiger partial charge on any atom is 0.417 e. The van der Waals surface area contributed by atoms with Crippen LogP contribution in [-0.4, -0.2) is 47.5 Å². The summed E-state index contributed by atoms with van der Waals surface area (Å²) in [5.74, 6) is 0.00202. The molecule has 0 radical (unpaired) electrons. The van der Waals surface area contributed by atoms with Crippen molar-refractivity contribution in [3.8, 4) is 5.75 Å². The number of likely N-dealkylation sites (N-methyl/N-ethyl adjacent to an activating group) is 1. The van der Waals surface area contributed by atoms with Crippen LogP contribution in [0.1, 0.15) is 44.7 Å². The molecule has 1 aromatic carbocycles. The van der Waals surface area contributed by atoms with Gasteiger partial charge in [0.25, 0.3) is 5.91 Å².